The first-order chi connectivity index (χ1) is 11.7. The van der Waals surface area contributed by atoms with Crippen molar-refractivity contribution in [1.82, 2.24) is 4.98 Å². The van der Waals surface area contributed by atoms with Crippen molar-refractivity contribution in [1.29, 1.82) is 0 Å². The minimum atomic E-state index is -0.283. The molecule has 0 radical (unpaired) electrons. The number of aromatic nitrogens is 1. The number of benzene rings is 2. The highest BCUT2D eigenvalue weighted by Crippen LogP contribution is 2.36. The number of para-hydroxylation sites is 1. The molecule has 0 atom stereocenters. The molecule has 0 aliphatic carbocycles. The van der Waals surface area contributed by atoms with Crippen LogP contribution in [0.2, 0.25) is 5.02 Å². The molecule has 1 N–H and O–H groups in total. The normalized spacial score (nSPS) is 12.2. The van der Waals surface area contributed by atoms with Crippen molar-refractivity contribution < 1.29 is 14.3 Å². The summed E-state index contributed by atoms with van der Waals surface area (Å²) in [5.74, 6) is 0.752. The van der Waals surface area contributed by atoms with Crippen LogP contribution in [0.15, 0.2) is 47.8 Å². The van der Waals surface area contributed by atoms with Gasteiger partial charge >= 0.3 is 0 Å². The van der Waals surface area contributed by atoms with Crippen LogP contribution in [-0.4, -0.2) is 17.7 Å². The van der Waals surface area contributed by atoms with Gasteiger partial charge in [0.2, 0.25) is 6.79 Å². The van der Waals surface area contributed by atoms with Gasteiger partial charge in [-0.05, 0) is 24.3 Å². The Labute approximate surface area is 146 Å². The van der Waals surface area contributed by atoms with Gasteiger partial charge in [-0.1, -0.05) is 29.8 Å². The van der Waals surface area contributed by atoms with Crippen molar-refractivity contribution >= 4 is 34.0 Å². The lowest BCUT2D eigenvalue weighted by atomic mass is 10.2. The minimum Gasteiger partial charge on any atom is -0.454 e. The van der Waals surface area contributed by atoms with Gasteiger partial charge in [0.15, 0.2) is 16.6 Å². The topological polar surface area (TPSA) is 60.5 Å². The number of thiazole rings is 1. The van der Waals surface area contributed by atoms with E-state index in [0.29, 0.717) is 27.2 Å². The fourth-order valence-electron chi connectivity index (χ4n) is 2.36. The molecule has 0 fully saturated rings. The summed E-state index contributed by atoms with van der Waals surface area (Å²) in [4.78, 5) is 16.9. The first kappa shape index (κ1) is 15.0. The summed E-state index contributed by atoms with van der Waals surface area (Å²) in [6.45, 7) is 0.123. The summed E-state index contributed by atoms with van der Waals surface area (Å²) in [6, 6.07) is 12.6. The molecule has 4 rings (SSSR count). The molecule has 2 aromatic carbocycles. The van der Waals surface area contributed by atoms with E-state index >= 15 is 0 Å². The number of carbonyl (C=O) groups excluding carboxylic acids is 1. The fraction of sp³-hybridized carbons (Fsp3) is 0.0588. The maximum atomic E-state index is 12.5. The van der Waals surface area contributed by atoms with E-state index in [1.165, 1.54) is 11.3 Å². The Balaban J connectivity index is 1.55. The lowest BCUT2D eigenvalue weighted by molar-refractivity contribution is 0.102. The third-order valence-electron chi connectivity index (χ3n) is 3.51. The second kappa shape index (κ2) is 6.14. The number of carbonyl (C=O) groups is 1. The highest BCUT2D eigenvalue weighted by atomic mass is 35.5. The molecule has 1 aromatic heterocycles. The zero-order chi connectivity index (χ0) is 16.5. The van der Waals surface area contributed by atoms with Gasteiger partial charge in [-0.2, -0.15) is 0 Å². The van der Waals surface area contributed by atoms with Crippen LogP contribution in [0, 0.1) is 0 Å². The largest absolute Gasteiger partial charge is 0.454 e. The van der Waals surface area contributed by atoms with E-state index in [1.54, 1.807) is 30.3 Å². The van der Waals surface area contributed by atoms with Crippen molar-refractivity contribution in [3.8, 4) is 22.8 Å². The zero-order valence-corrected chi connectivity index (χ0v) is 13.9. The number of hydrogen-bond acceptors (Lipinski definition) is 5. The van der Waals surface area contributed by atoms with E-state index in [4.69, 9.17) is 21.1 Å². The first-order valence-corrected chi connectivity index (χ1v) is 8.38. The van der Waals surface area contributed by atoms with Crippen molar-refractivity contribution in [3.63, 3.8) is 0 Å². The lowest BCUT2D eigenvalue weighted by Gasteiger charge is -2.05. The standard InChI is InChI=1S/C17H11ClN2O3S/c18-11-6-4-10(5-7-11)13-8-24-17(19-13)20-16(21)12-2-1-3-14-15(12)23-9-22-14/h1-8H,9H2,(H,19,20,21). The Morgan fingerprint density at radius 2 is 2.00 bits per heavy atom. The monoisotopic (exact) mass is 358 g/mol. The van der Waals surface area contributed by atoms with E-state index < -0.39 is 0 Å². The molecular weight excluding hydrogens is 348 g/mol. The SMILES string of the molecule is O=C(Nc1nc(-c2ccc(Cl)cc2)cs1)c1cccc2c1OCO2. The van der Waals surface area contributed by atoms with E-state index in [1.807, 2.05) is 17.5 Å². The summed E-state index contributed by atoms with van der Waals surface area (Å²) in [7, 11) is 0. The van der Waals surface area contributed by atoms with E-state index in [9.17, 15) is 4.79 Å². The number of rotatable bonds is 3. The summed E-state index contributed by atoms with van der Waals surface area (Å²) < 4.78 is 10.6. The average Bonchev–Trinajstić information content (AvgIpc) is 3.24. The highest BCUT2D eigenvalue weighted by Gasteiger charge is 2.22. The predicted molar refractivity (Wildman–Crippen MR) is 93.1 cm³/mol. The fourth-order valence-corrected chi connectivity index (χ4v) is 3.20. The van der Waals surface area contributed by atoms with Crippen LogP contribution in [0.4, 0.5) is 5.13 Å². The van der Waals surface area contributed by atoms with Crippen LogP contribution in [0.1, 0.15) is 10.4 Å². The second-order valence-electron chi connectivity index (χ2n) is 5.04. The molecule has 24 heavy (non-hydrogen) atoms. The van der Waals surface area contributed by atoms with Crippen LogP contribution in [-0.2, 0) is 0 Å². The number of nitrogens with one attached hydrogen (secondary N) is 1. The molecule has 0 bridgehead atoms. The highest BCUT2D eigenvalue weighted by molar-refractivity contribution is 7.14. The molecule has 1 aliphatic rings. The van der Waals surface area contributed by atoms with Crippen molar-refractivity contribution in [2.45, 2.75) is 0 Å². The number of anilines is 1. The molecule has 5 nitrogen and oxygen atoms in total. The Kier molecular flexibility index (Phi) is 3.84. The van der Waals surface area contributed by atoms with E-state index in [2.05, 4.69) is 10.3 Å². The Morgan fingerprint density at radius 3 is 2.83 bits per heavy atom. The van der Waals surface area contributed by atoms with Crippen LogP contribution in [0.25, 0.3) is 11.3 Å². The number of fused-ring (bicyclic) bond motifs is 1. The zero-order valence-electron chi connectivity index (χ0n) is 12.3. The van der Waals surface area contributed by atoms with Gasteiger partial charge in [-0.15, -0.1) is 11.3 Å². The first-order valence-electron chi connectivity index (χ1n) is 7.12. The van der Waals surface area contributed by atoms with Crippen LogP contribution in [0.5, 0.6) is 11.5 Å². The molecule has 0 saturated heterocycles. The van der Waals surface area contributed by atoms with Gasteiger partial charge < -0.3 is 9.47 Å². The predicted octanol–water partition coefficient (Wildman–Crippen LogP) is 4.44. The summed E-state index contributed by atoms with van der Waals surface area (Å²) >= 11 is 7.25. The van der Waals surface area contributed by atoms with Crippen molar-refractivity contribution in [2.75, 3.05) is 12.1 Å². The second-order valence-corrected chi connectivity index (χ2v) is 6.33. The number of ether oxygens (including phenoxy) is 2. The van der Waals surface area contributed by atoms with Crippen molar-refractivity contribution in [2.24, 2.45) is 0 Å². The van der Waals surface area contributed by atoms with E-state index in [0.717, 1.165) is 11.3 Å². The van der Waals surface area contributed by atoms with Gasteiger partial charge in [0.25, 0.3) is 5.91 Å². The Morgan fingerprint density at radius 1 is 1.17 bits per heavy atom. The van der Waals surface area contributed by atoms with Gasteiger partial charge in [0.05, 0.1) is 11.3 Å². The molecule has 1 amide bonds. The third-order valence-corrected chi connectivity index (χ3v) is 4.52. The number of hydrogen-bond donors (Lipinski definition) is 1. The van der Waals surface area contributed by atoms with Gasteiger partial charge in [-0.25, -0.2) is 4.98 Å². The molecule has 3 aromatic rings. The summed E-state index contributed by atoms with van der Waals surface area (Å²) in [6.07, 6.45) is 0. The molecular formula is C17H11ClN2O3S. The third kappa shape index (κ3) is 2.81. The Bertz CT molecular complexity index is 908. The molecule has 0 unspecified atom stereocenters. The molecule has 120 valence electrons. The molecule has 7 heteroatoms. The molecule has 0 spiro atoms. The maximum absolute atomic E-state index is 12.5. The molecule has 1 aliphatic heterocycles. The van der Waals surface area contributed by atoms with E-state index in [-0.39, 0.29) is 12.7 Å². The number of nitrogens with zero attached hydrogens (tertiary/aromatic N) is 1. The van der Waals surface area contributed by atoms with Gasteiger partial charge in [0.1, 0.15) is 0 Å². The quantitative estimate of drug-likeness (QED) is 0.751. The van der Waals surface area contributed by atoms with Crippen LogP contribution < -0.4 is 14.8 Å². The van der Waals surface area contributed by atoms with Crippen LogP contribution in [0.3, 0.4) is 0 Å². The molecule has 0 saturated carbocycles. The average molecular weight is 359 g/mol. The van der Waals surface area contributed by atoms with Crippen molar-refractivity contribution in [3.05, 3.63) is 58.4 Å². The number of halogens is 1. The maximum Gasteiger partial charge on any atom is 0.261 e. The lowest BCUT2D eigenvalue weighted by Crippen LogP contribution is -2.12. The number of amides is 1. The Hall–Kier alpha value is -2.57. The smallest absolute Gasteiger partial charge is 0.261 e. The molecule has 2 heterocycles. The summed E-state index contributed by atoms with van der Waals surface area (Å²) in [5.41, 5.74) is 2.14. The van der Waals surface area contributed by atoms with Gasteiger partial charge in [-0.3, -0.25) is 10.1 Å². The minimum absolute atomic E-state index is 0.123. The van der Waals surface area contributed by atoms with Gasteiger partial charge in [0, 0.05) is 16.0 Å². The summed E-state index contributed by atoms with van der Waals surface area (Å²) in [5, 5.41) is 5.86. The van der Waals surface area contributed by atoms with Crippen LogP contribution >= 0.6 is 22.9 Å².